The summed E-state index contributed by atoms with van der Waals surface area (Å²) in [6, 6.07) is 0. The Labute approximate surface area is 72.5 Å². The van der Waals surface area contributed by atoms with E-state index in [2.05, 4.69) is 5.32 Å². The minimum atomic E-state index is -0.389. The van der Waals surface area contributed by atoms with Crippen molar-refractivity contribution in [2.75, 3.05) is 26.3 Å². The van der Waals surface area contributed by atoms with Gasteiger partial charge in [-0.15, -0.1) is 0 Å². The molecule has 1 amide bonds. The Morgan fingerprint density at radius 3 is 3.08 bits per heavy atom. The number of amides is 1. The maximum absolute atomic E-state index is 10.3. The van der Waals surface area contributed by atoms with E-state index in [0.717, 1.165) is 25.4 Å². The first kappa shape index (κ1) is 9.48. The fourth-order valence-electron chi connectivity index (χ4n) is 1.38. The second-order valence-electron chi connectivity index (χ2n) is 3.17. The molecule has 0 saturated carbocycles. The highest BCUT2D eigenvalue weighted by Gasteiger charge is 2.13. The molecule has 0 aromatic rings. The molecule has 12 heavy (non-hydrogen) atoms. The minimum Gasteiger partial charge on any atom is -0.372 e. The molecule has 1 aliphatic heterocycles. The highest BCUT2D eigenvalue weighted by atomic mass is 16.5. The molecule has 4 heteroatoms. The van der Waals surface area contributed by atoms with Crippen LogP contribution >= 0.6 is 0 Å². The van der Waals surface area contributed by atoms with Gasteiger partial charge in [0.15, 0.2) is 0 Å². The van der Waals surface area contributed by atoms with Gasteiger partial charge in [-0.2, -0.15) is 0 Å². The van der Waals surface area contributed by atoms with Crippen LogP contribution in [-0.4, -0.2) is 32.2 Å². The van der Waals surface area contributed by atoms with Gasteiger partial charge in [-0.1, -0.05) is 0 Å². The quantitative estimate of drug-likeness (QED) is 0.549. The molecule has 1 fully saturated rings. The first-order chi connectivity index (χ1) is 5.79. The van der Waals surface area contributed by atoms with Crippen LogP contribution in [-0.2, 0) is 9.53 Å². The van der Waals surface area contributed by atoms with Crippen molar-refractivity contribution in [2.45, 2.75) is 12.8 Å². The zero-order valence-corrected chi connectivity index (χ0v) is 7.21. The van der Waals surface area contributed by atoms with Crippen molar-refractivity contribution < 1.29 is 9.53 Å². The Kier molecular flexibility index (Phi) is 4.04. The van der Waals surface area contributed by atoms with Gasteiger partial charge in [0, 0.05) is 6.61 Å². The summed E-state index contributed by atoms with van der Waals surface area (Å²) in [7, 11) is 0. The highest BCUT2D eigenvalue weighted by molar-refractivity contribution is 5.74. The Hall–Kier alpha value is -0.610. The largest absolute Gasteiger partial charge is 0.372 e. The SMILES string of the molecule is NC(=O)COCCC1CCNC1. The van der Waals surface area contributed by atoms with E-state index < -0.39 is 0 Å². The fourth-order valence-corrected chi connectivity index (χ4v) is 1.38. The third-order valence-corrected chi connectivity index (χ3v) is 2.08. The van der Waals surface area contributed by atoms with E-state index >= 15 is 0 Å². The van der Waals surface area contributed by atoms with Crippen LogP contribution in [0.1, 0.15) is 12.8 Å². The summed E-state index contributed by atoms with van der Waals surface area (Å²) in [4.78, 5) is 10.3. The number of ether oxygens (including phenoxy) is 1. The third kappa shape index (κ3) is 3.69. The topological polar surface area (TPSA) is 64.4 Å². The summed E-state index contributed by atoms with van der Waals surface area (Å²) < 4.78 is 5.05. The normalized spacial score (nSPS) is 22.8. The van der Waals surface area contributed by atoms with Gasteiger partial charge in [0.2, 0.25) is 5.91 Å². The van der Waals surface area contributed by atoms with Crippen LogP contribution in [0.25, 0.3) is 0 Å². The summed E-state index contributed by atoms with van der Waals surface area (Å²) in [5, 5.41) is 3.27. The Bertz CT molecular complexity index is 144. The maximum atomic E-state index is 10.3. The van der Waals surface area contributed by atoms with Crippen molar-refractivity contribution in [3.8, 4) is 0 Å². The molecule has 0 aromatic carbocycles. The number of primary amides is 1. The minimum absolute atomic E-state index is 0.0557. The molecule has 0 aromatic heterocycles. The van der Waals surface area contributed by atoms with Crippen molar-refractivity contribution in [3.63, 3.8) is 0 Å². The number of hydrogen-bond acceptors (Lipinski definition) is 3. The number of nitrogens with two attached hydrogens (primary N) is 1. The van der Waals surface area contributed by atoms with Crippen LogP contribution in [0.2, 0.25) is 0 Å². The second-order valence-corrected chi connectivity index (χ2v) is 3.17. The molecule has 0 bridgehead atoms. The zero-order chi connectivity index (χ0) is 8.81. The molecule has 70 valence electrons. The van der Waals surface area contributed by atoms with Crippen LogP contribution in [0, 0.1) is 5.92 Å². The van der Waals surface area contributed by atoms with Gasteiger partial charge in [0.05, 0.1) is 0 Å². The van der Waals surface area contributed by atoms with Crippen LogP contribution in [0.5, 0.6) is 0 Å². The van der Waals surface area contributed by atoms with Crippen molar-refractivity contribution >= 4 is 5.91 Å². The van der Waals surface area contributed by atoms with Gasteiger partial charge in [0.25, 0.3) is 0 Å². The Morgan fingerprint density at radius 2 is 2.50 bits per heavy atom. The van der Waals surface area contributed by atoms with Crippen molar-refractivity contribution in [1.82, 2.24) is 5.32 Å². The van der Waals surface area contributed by atoms with Gasteiger partial charge in [-0.3, -0.25) is 4.79 Å². The van der Waals surface area contributed by atoms with Crippen LogP contribution in [0.15, 0.2) is 0 Å². The molecule has 3 N–H and O–H groups in total. The van der Waals surface area contributed by atoms with Crippen LogP contribution in [0.4, 0.5) is 0 Å². The van der Waals surface area contributed by atoms with E-state index in [1.165, 1.54) is 6.42 Å². The summed E-state index contributed by atoms with van der Waals surface area (Å²) in [6.07, 6.45) is 2.25. The summed E-state index contributed by atoms with van der Waals surface area (Å²) >= 11 is 0. The van der Waals surface area contributed by atoms with Crippen molar-refractivity contribution in [3.05, 3.63) is 0 Å². The lowest BCUT2D eigenvalue weighted by atomic mass is 10.1. The Balaban J connectivity index is 1.91. The van der Waals surface area contributed by atoms with Crippen molar-refractivity contribution in [2.24, 2.45) is 11.7 Å². The molecule has 1 unspecified atom stereocenters. The van der Waals surface area contributed by atoms with Crippen LogP contribution in [0.3, 0.4) is 0 Å². The van der Waals surface area contributed by atoms with Gasteiger partial charge in [0.1, 0.15) is 6.61 Å². The van der Waals surface area contributed by atoms with Gasteiger partial charge < -0.3 is 15.8 Å². The van der Waals surface area contributed by atoms with E-state index in [1.807, 2.05) is 0 Å². The molecule has 0 radical (unpaired) electrons. The molecule has 0 aliphatic carbocycles. The fraction of sp³-hybridized carbons (Fsp3) is 0.875. The molecule has 1 heterocycles. The second kappa shape index (κ2) is 5.11. The number of nitrogens with one attached hydrogen (secondary N) is 1. The van der Waals surface area contributed by atoms with Crippen molar-refractivity contribution in [1.29, 1.82) is 0 Å². The lowest BCUT2D eigenvalue weighted by Crippen LogP contribution is -2.19. The number of rotatable bonds is 5. The maximum Gasteiger partial charge on any atom is 0.243 e. The molecule has 1 rings (SSSR count). The molecular formula is C8H16N2O2. The van der Waals surface area contributed by atoms with Gasteiger partial charge in [-0.05, 0) is 31.8 Å². The molecule has 1 aliphatic rings. The first-order valence-electron chi connectivity index (χ1n) is 4.36. The molecule has 4 nitrogen and oxygen atoms in total. The predicted molar refractivity (Wildman–Crippen MR) is 45.6 cm³/mol. The number of carbonyl (C=O) groups excluding carboxylic acids is 1. The lowest BCUT2D eigenvalue weighted by Gasteiger charge is -2.06. The predicted octanol–water partition coefficient (Wildman–Crippen LogP) is -0.512. The van der Waals surface area contributed by atoms with Crippen LogP contribution < -0.4 is 11.1 Å². The monoisotopic (exact) mass is 172 g/mol. The molecular weight excluding hydrogens is 156 g/mol. The average molecular weight is 172 g/mol. The number of hydrogen-bond donors (Lipinski definition) is 2. The third-order valence-electron chi connectivity index (χ3n) is 2.08. The van der Waals surface area contributed by atoms with E-state index in [9.17, 15) is 4.79 Å². The van der Waals surface area contributed by atoms with E-state index in [4.69, 9.17) is 10.5 Å². The average Bonchev–Trinajstić information content (AvgIpc) is 2.49. The van der Waals surface area contributed by atoms with Gasteiger partial charge in [-0.25, -0.2) is 0 Å². The lowest BCUT2D eigenvalue weighted by molar-refractivity contribution is -0.122. The van der Waals surface area contributed by atoms with Gasteiger partial charge >= 0.3 is 0 Å². The summed E-state index contributed by atoms with van der Waals surface area (Å²) in [6.45, 7) is 2.90. The molecule has 1 saturated heterocycles. The first-order valence-corrected chi connectivity index (χ1v) is 4.36. The molecule has 1 atom stereocenters. The Morgan fingerprint density at radius 1 is 1.67 bits per heavy atom. The molecule has 0 spiro atoms. The zero-order valence-electron chi connectivity index (χ0n) is 7.21. The van der Waals surface area contributed by atoms with E-state index in [0.29, 0.717) is 6.61 Å². The van der Waals surface area contributed by atoms with E-state index in [-0.39, 0.29) is 12.5 Å². The standard InChI is InChI=1S/C8H16N2O2/c9-8(11)6-12-4-2-7-1-3-10-5-7/h7,10H,1-6H2,(H2,9,11). The highest BCUT2D eigenvalue weighted by Crippen LogP contribution is 2.11. The summed E-state index contributed by atoms with van der Waals surface area (Å²) in [5.74, 6) is 0.331. The number of carbonyl (C=O) groups is 1. The van der Waals surface area contributed by atoms with E-state index in [1.54, 1.807) is 0 Å². The summed E-state index contributed by atoms with van der Waals surface area (Å²) in [5.41, 5.74) is 4.91. The smallest absolute Gasteiger partial charge is 0.243 e.